The molecule has 1 aromatic rings. The number of aliphatic hydroxyl groups excluding tert-OH is 1. The van der Waals surface area contributed by atoms with Crippen molar-refractivity contribution in [1.82, 2.24) is 0 Å². The molecule has 1 aromatic carbocycles. The minimum absolute atomic E-state index is 0.169. The molecule has 138 valence electrons. The Hall–Kier alpha value is -1.87. The Morgan fingerprint density at radius 2 is 1.76 bits per heavy atom. The highest BCUT2D eigenvalue weighted by molar-refractivity contribution is 5.66. The summed E-state index contributed by atoms with van der Waals surface area (Å²) in [7, 11) is 0. The third kappa shape index (κ3) is 10.6. The number of unbranched alkanes of at least 4 members (excludes halogenated alkanes) is 5. The fraction of sp³-hybridized carbons (Fsp3) is 0.500. The van der Waals surface area contributed by atoms with Gasteiger partial charge in [0, 0.05) is 6.42 Å². The summed E-state index contributed by atoms with van der Waals surface area (Å²) in [5.74, 6) is -0.777. The maximum Gasteiger partial charge on any atom is 0.303 e. The Labute approximate surface area is 152 Å². The van der Waals surface area contributed by atoms with E-state index in [0.29, 0.717) is 12.8 Å². The van der Waals surface area contributed by atoms with Gasteiger partial charge in [-0.25, -0.2) is 0 Å². The number of carboxylic acids is 1. The van der Waals surface area contributed by atoms with Gasteiger partial charge in [0.15, 0.2) is 0 Å². The van der Waals surface area contributed by atoms with E-state index in [1.807, 2.05) is 24.3 Å². The summed E-state index contributed by atoms with van der Waals surface area (Å²) in [5, 5.41) is 18.6. The first-order chi connectivity index (χ1) is 12.1. The average Bonchev–Trinajstić information content (AvgIpc) is 2.60. The molecule has 0 aliphatic heterocycles. The molecule has 0 amide bonds. The first kappa shape index (κ1) is 21.2. The highest BCUT2D eigenvalue weighted by atomic mass is 16.4. The van der Waals surface area contributed by atoms with Crippen LogP contribution in [0.2, 0.25) is 0 Å². The van der Waals surface area contributed by atoms with Crippen molar-refractivity contribution in [2.75, 3.05) is 0 Å². The summed E-state index contributed by atoms with van der Waals surface area (Å²) in [6.45, 7) is 2.22. The Morgan fingerprint density at radius 3 is 2.44 bits per heavy atom. The van der Waals surface area contributed by atoms with Gasteiger partial charge in [0.25, 0.3) is 0 Å². The van der Waals surface area contributed by atoms with E-state index in [9.17, 15) is 9.90 Å². The van der Waals surface area contributed by atoms with Crippen LogP contribution in [0.4, 0.5) is 0 Å². The van der Waals surface area contributed by atoms with Crippen molar-refractivity contribution < 1.29 is 15.0 Å². The van der Waals surface area contributed by atoms with Crippen molar-refractivity contribution in [3.63, 3.8) is 0 Å². The van der Waals surface area contributed by atoms with E-state index in [4.69, 9.17) is 5.11 Å². The van der Waals surface area contributed by atoms with Gasteiger partial charge in [-0.2, -0.15) is 0 Å². The lowest BCUT2D eigenvalue weighted by atomic mass is 10.0. The molecule has 25 heavy (non-hydrogen) atoms. The molecule has 0 aromatic heterocycles. The minimum Gasteiger partial charge on any atom is -0.481 e. The zero-order valence-electron chi connectivity index (χ0n) is 15.4. The molecule has 0 spiro atoms. The summed E-state index contributed by atoms with van der Waals surface area (Å²) in [6.07, 6.45) is 15.9. The van der Waals surface area contributed by atoms with E-state index >= 15 is 0 Å². The standard InChI is InChI=1S/C22H32O3/c1-2-3-4-5-6-7-12-19-13-8-9-14-20(19)17-18-21(23)15-10-11-16-22(24)25/h7-9,12-14,17-18,21,23H,2-6,10-11,15-16H2,1H3,(H,24,25)/b12-7+,18-17+/t21-/m0/s1. The van der Waals surface area contributed by atoms with Gasteiger partial charge in [-0.3, -0.25) is 4.79 Å². The molecule has 0 fully saturated rings. The lowest BCUT2D eigenvalue weighted by molar-refractivity contribution is -0.137. The fourth-order valence-corrected chi connectivity index (χ4v) is 2.65. The Kier molecular flexibility index (Phi) is 11.4. The second kappa shape index (κ2) is 13.4. The number of allylic oxidation sites excluding steroid dienone is 1. The lowest BCUT2D eigenvalue weighted by Crippen LogP contribution is -2.02. The third-order valence-corrected chi connectivity index (χ3v) is 4.16. The SMILES string of the molecule is CCCCCC/C=C/c1ccccc1/C=C/[C@@H](O)CCCCC(=O)O. The van der Waals surface area contributed by atoms with Crippen LogP contribution >= 0.6 is 0 Å². The Bertz CT molecular complexity index is 546. The summed E-state index contributed by atoms with van der Waals surface area (Å²) in [5.41, 5.74) is 2.25. The third-order valence-electron chi connectivity index (χ3n) is 4.16. The molecular weight excluding hydrogens is 312 g/mol. The molecule has 0 saturated carbocycles. The van der Waals surface area contributed by atoms with Crippen LogP contribution in [0.3, 0.4) is 0 Å². The Balaban J connectivity index is 2.46. The van der Waals surface area contributed by atoms with Crippen molar-refractivity contribution in [3.8, 4) is 0 Å². The molecule has 3 heteroatoms. The molecule has 0 bridgehead atoms. The highest BCUT2D eigenvalue weighted by Gasteiger charge is 2.02. The van der Waals surface area contributed by atoms with Crippen LogP contribution in [-0.2, 0) is 4.79 Å². The van der Waals surface area contributed by atoms with Gasteiger partial charge in [0.2, 0.25) is 0 Å². The second-order valence-electron chi connectivity index (χ2n) is 6.45. The number of benzene rings is 1. The summed E-state index contributed by atoms with van der Waals surface area (Å²) in [6, 6.07) is 8.15. The predicted molar refractivity (Wildman–Crippen MR) is 105 cm³/mol. The number of aliphatic hydroxyl groups is 1. The lowest BCUT2D eigenvalue weighted by Gasteiger charge is -2.06. The minimum atomic E-state index is -0.777. The molecule has 0 aliphatic rings. The summed E-state index contributed by atoms with van der Waals surface area (Å²) < 4.78 is 0. The molecule has 0 unspecified atom stereocenters. The molecule has 1 rings (SSSR count). The number of hydrogen-bond acceptors (Lipinski definition) is 2. The fourth-order valence-electron chi connectivity index (χ4n) is 2.65. The van der Waals surface area contributed by atoms with Crippen LogP contribution in [0, 0.1) is 0 Å². The zero-order valence-corrected chi connectivity index (χ0v) is 15.4. The molecule has 0 saturated heterocycles. The van der Waals surface area contributed by atoms with Gasteiger partial charge in [-0.15, -0.1) is 0 Å². The quantitative estimate of drug-likeness (QED) is 0.452. The van der Waals surface area contributed by atoms with Crippen LogP contribution in [0.5, 0.6) is 0 Å². The smallest absolute Gasteiger partial charge is 0.303 e. The molecule has 0 heterocycles. The second-order valence-corrected chi connectivity index (χ2v) is 6.45. The van der Waals surface area contributed by atoms with Gasteiger partial charge in [0.05, 0.1) is 6.10 Å². The van der Waals surface area contributed by atoms with Gasteiger partial charge in [0.1, 0.15) is 0 Å². The van der Waals surface area contributed by atoms with Crippen LogP contribution in [0.25, 0.3) is 12.2 Å². The number of carbonyl (C=O) groups is 1. The summed E-state index contributed by atoms with van der Waals surface area (Å²) in [4.78, 5) is 10.5. The van der Waals surface area contributed by atoms with E-state index in [0.717, 1.165) is 24.0 Å². The first-order valence-electron chi connectivity index (χ1n) is 9.47. The highest BCUT2D eigenvalue weighted by Crippen LogP contribution is 2.15. The first-order valence-corrected chi connectivity index (χ1v) is 9.47. The normalized spacial score (nSPS) is 12.9. The average molecular weight is 344 g/mol. The number of hydrogen-bond donors (Lipinski definition) is 2. The van der Waals surface area contributed by atoms with Gasteiger partial charge >= 0.3 is 5.97 Å². The maximum absolute atomic E-state index is 10.5. The number of rotatable bonds is 13. The van der Waals surface area contributed by atoms with Gasteiger partial charge in [-0.05, 0) is 43.2 Å². The van der Waals surface area contributed by atoms with Crippen molar-refractivity contribution in [1.29, 1.82) is 0 Å². The van der Waals surface area contributed by atoms with Gasteiger partial charge < -0.3 is 10.2 Å². The monoisotopic (exact) mass is 344 g/mol. The van der Waals surface area contributed by atoms with Crippen LogP contribution in [0.15, 0.2) is 36.4 Å². The largest absolute Gasteiger partial charge is 0.481 e. The van der Waals surface area contributed by atoms with E-state index < -0.39 is 12.1 Å². The molecule has 0 radical (unpaired) electrons. The summed E-state index contributed by atoms with van der Waals surface area (Å²) >= 11 is 0. The van der Waals surface area contributed by atoms with Crippen LogP contribution in [-0.4, -0.2) is 22.3 Å². The van der Waals surface area contributed by atoms with Crippen molar-refractivity contribution in [2.45, 2.75) is 70.8 Å². The number of aliphatic carboxylic acids is 1. The van der Waals surface area contributed by atoms with E-state index in [2.05, 4.69) is 25.1 Å². The molecule has 0 aliphatic carbocycles. The van der Waals surface area contributed by atoms with Crippen molar-refractivity contribution >= 4 is 18.1 Å². The number of carboxylic acid groups (broad SMARTS) is 1. The molecule has 2 N–H and O–H groups in total. The zero-order chi connectivity index (χ0) is 18.3. The van der Waals surface area contributed by atoms with E-state index in [1.54, 1.807) is 6.08 Å². The Morgan fingerprint density at radius 1 is 1.04 bits per heavy atom. The van der Waals surface area contributed by atoms with E-state index in [-0.39, 0.29) is 6.42 Å². The van der Waals surface area contributed by atoms with E-state index in [1.165, 1.54) is 25.7 Å². The van der Waals surface area contributed by atoms with Crippen molar-refractivity contribution in [2.24, 2.45) is 0 Å². The van der Waals surface area contributed by atoms with Crippen LogP contribution in [0.1, 0.15) is 75.8 Å². The molecule has 1 atom stereocenters. The molecule has 3 nitrogen and oxygen atoms in total. The topological polar surface area (TPSA) is 57.5 Å². The van der Waals surface area contributed by atoms with Crippen molar-refractivity contribution in [3.05, 3.63) is 47.5 Å². The predicted octanol–water partition coefficient (Wildman–Crippen LogP) is 5.69. The molecular formula is C22H32O3. The van der Waals surface area contributed by atoms with Gasteiger partial charge in [-0.1, -0.05) is 74.8 Å². The maximum atomic E-state index is 10.5. The van der Waals surface area contributed by atoms with Crippen LogP contribution < -0.4 is 0 Å².